The first-order valence-corrected chi connectivity index (χ1v) is 28.5. The molecule has 5 heterocycles. The van der Waals surface area contributed by atoms with Crippen LogP contribution in [0.5, 0.6) is 0 Å². The van der Waals surface area contributed by atoms with Gasteiger partial charge in [0.15, 0.2) is 24.3 Å². The molecule has 444 valence electrons. The Bertz CT molecular complexity index is 2550. The van der Waals surface area contributed by atoms with Gasteiger partial charge in [-0.15, -0.1) is 0 Å². The molecule has 18 atom stereocenters. The topological polar surface area (TPSA) is 250 Å². The zero-order chi connectivity index (χ0) is 58.1. The van der Waals surface area contributed by atoms with Gasteiger partial charge in [-0.25, -0.2) is 9.59 Å². The smallest absolute Gasteiger partial charge is 0.477 e. The largest absolute Gasteiger partial charge is 0.509 e. The Kier molecular flexibility index (Phi) is 20.3. The Morgan fingerprint density at radius 3 is 2.22 bits per heavy atom. The molecule has 4 N–H and O–H groups in total. The van der Waals surface area contributed by atoms with E-state index in [1.165, 1.54) is 13.3 Å². The minimum absolute atomic E-state index is 0.116. The van der Waals surface area contributed by atoms with Crippen LogP contribution in [-0.4, -0.2) is 182 Å². The lowest BCUT2D eigenvalue weighted by Gasteiger charge is -2.50. The van der Waals surface area contributed by atoms with Crippen LogP contribution in [-0.2, 0) is 57.0 Å². The van der Waals surface area contributed by atoms with Crippen LogP contribution in [0.4, 0.5) is 10.5 Å². The summed E-state index contributed by atoms with van der Waals surface area (Å²) in [4.78, 5) is 69.3. The van der Waals surface area contributed by atoms with Crippen LogP contribution >= 0.6 is 11.6 Å². The van der Waals surface area contributed by atoms with E-state index in [4.69, 9.17) is 59.0 Å². The number of carbonyl (C=O) groups excluding carboxylic acids is 3. The Morgan fingerprint density at radius 2 is 1.58 bits per heavy atom. The Labute approximate surface area is 469 Å². The molecule has 1 aromatic heterocycles. The minimum atomic E-state index is -1.51. The van der Waals surface area contributed by atoms with E-state index in [-0.39, 0.29) is 48.8 Å². The molecule has 21 nitrogen and oxygen atoms in total. The Balaban J connectivity index is 1.06. The third kappa shape index (κ3) is 13.4. The number of ketones is 1. The number of hydrogen-bond donors (Lipinski definition) is 4. The number of pyridine rings is 1. The van der Waals surface area contributed by atoms with Crippen LogP contribution in [0.3, 0.4) is 0 Å². The van der Waals surface area contributed by atoms with Crippen LogP contribution in [0, 0.1) is 23.7 Å². The van der Waals surface area contributed by atoms with Crippen molar-refractivity contribution in [3.05, 3.63) is 39.1 Å². The van der Waals surface area contributed by atoms with Gasteiger partial charge in [0.25, 0.3) is 0 Å². The van der Waals surface area contributed by atoms with Gasteiger partial charge < -0.3 is 77.7 Å². The van der Waals surface area contributed by atoms with Crippen molar-refractivity contribution in [1.29, 1.82) is 0 Å². The second kappa shape index (κ2) is 25.6. The normalized spacial score (nSPS) is 37.7. The molecule has 1 aliphatic carbocycles. The van der Waals surface area contributed by atoms with E-state index in [1.807, 2.05) is 58.2 Å². The molecular formula is C57H87ClN4O17. The molecule has 0 bridgehead atoms. The number of methoxy groups -OCH3 is 2. The number of carbonyl (C=O) groups is 4. The van der Waals surface area contributed by atoms with Crippen molar-refractivity contribution < 1.29 is 76.8 Å². The molecule has 1 aromatic carbocycles. The average molecular weight is 1140 g/mol. The van der Waals surface area contributed by atoms with E-state index in [1.54, 1.807) is 53.9 Å². The molecule has 79 heavy (non-hydrogen) atoms. The highest BCUT2D eigenvalue weighted by molar-refractivity contribution is 6.34. The van der Waals surface area contributed by atoms with Crippen molar-refractivity contribution in [2.24, 2.45) is 23.7 Å². The fourth-order valence-electron chi connectivity index (χ4n) is 12.6. The summed E-state index contributed by atoms with van der Waals surface area (Å²) in [6.07, 6.45) is -4.72. The average Bonchev–Trinajstić information content (AvgIpc) is 4.28. The zero-order valence-corrected chi connectivity index (χ0v) is 49.3. The number of anilines is 1. The predicted octanol–water partition coefficient (Wildman–Crippen LogP) is 6.74. The number of aromatic nitrogens is 1. The molecule has 0 unspecified atom stereocenters. The number of aliphatic hydroxyl groups excluding tert-OH is 1. The van der Waals surface area contributed by atoms with Gasteiger partial charge in [-0.1, -0.05) is 39.3 Å². The van der Waals surface area contributed by atoms with E-state index in [9.17, 15) is 34.2 Å². The predicted molar refractivity (Wildman–Crippen MR) is 292 cm³/mol. The van der Waals surface area contributed by atoms with Crippen LogP contribution in [0.2, 0.25) is 5.02 Å². The molecule has 0 spiro atoms. The molecule has 2 aromatic rings. The van der Waals surface area contributed by atoms with Gasteiger partial charge in [-0.2, -0.15) is 0 Å². The number of carboxylic acid groups (broad SMARTS) is 1. The van der Waals surface area contributed by atoms with Crippen molar-refractivity contribution >= 4 is 52.1 Å². The number of aliphatic hydroxyl groups is 1. The second-order valence-corrected chi connectivity index (χ2v) is 24.0. The van der Waals surface area contributed by atoms with Crippen molar-refractivity contribution in [2.75, 3.05) is 59.9 Å². The summed E-state index contributed by atoms with van der Waals surface area (Å²) in [5.41, 5.74) is -3.41. The number of carboxylic acids is 1. The summed E-state index contributed by atoms with van der Waals surface area (Å²) >= 11 is 6.67. The molecular weight excluding hydrogens is 1050 g/mol. The van der Waals surface area contributed by atoms with Crippen LogP contribution in [0.1, 0.15) is 131 Å². The Hall–Kier alpha value is -4.00. The highest BCUT2D eigenvalue weighted by atomic mass is 35.5. The van der Waals surface area contributed by atoms with Crippen LogP contribution in [0.15, 0.2) is 23.1 Å². The standard InChI is InChI=1S/C57H87ClN4O17/c1-15-42-57(10)49(78-54(69)79-57)31(4)44(63)29(2)26-55(8,70-13)48(77-53-46(65)41(61(11)12)23-30(3)73-53)32(5)47(33(6)52(68)75-42)76-43-27-56(9,71-14)50(34(7)74-43)72-22-16-19-59-20-21-60-39-24-36-40(25-38(39)58)62(35-17-18-35)28-37(45(36)64)51(66)67/h24-25,28-35,41-43,46-50,53,59-60,65H,15-23,26-27H2,1-14H3,(H,66,67)/t29-,30-,31+,32+,33+,34-,41+,42-,43+,46+,47+,48-,49+,50+,53+,55+,56-,57-/m0/s1. The number of ether oxygens (including phenoxy) is 10. The van der Waals surface area contributed by atoms with E-state index >= 15 is 0 Å². The number of likely N-dealkylation sites (N-methyl/N-ethyl adjacent to an activating group) is 1. The van der Waals surface area contributed by atoms with Crippen molar-refractivity contribution in [3.63, 3.8) is 0 Å². The minimum Gasteiger partial charge on any atom is -0.477 e. The van der Waals surface area contributed by atoms with Crippen molar-refractivity contribution in [3.8, 4) is 0 Å². The fourth-order valence-corrected chi connectivity index (χ4v) is 12.9. The number of Topliss-reactive ketones (excluding diaryl/α,β-unsaturated/α-hetero) is 1. The lowest BCUT2D eigenvalue weighted by molar-refractivity contribution is -0.322. The summed E-state index contributed by atoms with van der Waals surface area (Å²) in [5, 5.41) is 29.0. The molecule has 0 amide bonds. The summed E-state index contributed by atoms with van der Waals surface area (Å²) in [6, 6.07) is 3.17. The summed E-state index contributed by atoms with van der Waals surface area (Å²) < 4.78 is 65.9. The highest BCUT2D eigenvalue weighted by Crippen LogP contribution is 2.45. The Morgan fingerprint density at radius 1 is 0.899 bits per heavy atom. The third-order valence-electron chi connectivity index (χ3n) is 17.4. The molecule has 5 aliphatic rings. The number of esters is 1. The number of aromatic carboxylic acids is 1. The van der Waals surface area contributed by atoms with Gasteiger partial charge in [0.05, 0.1) is 63.7 Å². The molecule has 4 aliphatic heterocycles. The highest BCUT2D eigenvalue weighted by Gasteiger charge is 2.60. The number of benzene rings is 1. The number of cyclic esters (lactones) is 1. The summed E-state index contributed by atoms with van der Waals surface area (Å²) in [5.74, 6) is -5.47. The van der Waals surface area contributed by atoms with E-state index in [0.29, 0.717) is 60.7 Å². The molecule has 7 rings (SSSR count). The molecule has 22 heteroatoms. The van der Waals surface area contributed by atoms with E-state index in [2.05, 4.69) is 10.6 Å². The maximum atomic E-state index is 14.8. The number of rotatable bonds is 19. The van der Waals surface area contributed by atoms with Gasteiger partial charge in [-0.05, 0) is 113 Å². The first kappa shape index (κ1) is 62.6. The van der Waals surface area contributed by atoms with Gasteiger partial charge in [-0.3, -0.25) is 14.4 Å². The van der Waals surface area contributed by atoms with Gasteiger partial charge in [0.2, 0.25) is 5.43 Å². The lowest BCUT2D eigenvalue weighted by Crippen LogP contribution is -2.61. The number of halogens is 1. The molecule has 5 fully saturated rings. The maximum absolute atomic E-state index is 14.8. The third-order valence-corrected chi connectivity index (χ3v) is 17.7. The maximum Gasteiger partial charge on any atom is 0.509 e. The molecule has 4 saturated heterocycles. The summed E-state index contributed by atoms with van der Waals surface area (Å²) in [7, 11) is 6.90. The quantitative estimate of drug-likeness (QED) is 0.0840. The molecule has 0 radical (unpaired) electrons. The van der Waals surface area contributed by atoms with E-state index < -0.39 is 119 Å². The monoisotopic (exact) mass is 1130 g/mol. The first-order valence-electron chi connectivity index (χ1n) is 28.1. The van der Waals surface area contributed by atoms with Crippen LogP contribution in [0.25, 0.3) is 10.9 Å². The number of nitrogens with zero attached hydrogens (tertiary/aromatic N) is 2. The summed E-state index contributed by atoms with van der Waals surface area (Å²) in [6.45, 7) is 20.0. The van der Waals surface area contributed by atoms with Crippen LogP contribution < -0.4 is 16.1 Å². The zero-order valence-electron chi connectivity index (χ0n) is 48.5. The molecule has 1 saturated carbocycles. The number of hydrogen-bond acceptors (Lipinski definition) is 19. The number of nitrogens with one attached hydrogen (secondary N) is 2. The lowest BCUT2D eigenvalue weighted by atomic mass is 9.74. The van der Waals surface area contributed by atoms with Gasteiger partial charge in [0.1, 0.15) is 29.7 Å². The SMILES string of the molecule is CC[C@@H]1OC(=O)[C@H](C)[C@H](O[C@@H]2C[C@](C)(OC)[C@H](OCCCNCCNc3cc4c(=O)c(C(=O)O)cn(C5CC5)c4cc3Cl)[C@H](C)O2)[C@@H](C)[C@H](O[C@H]2O[C@@H](C)C[C@@H](N(C)C)[C@H]2O)[C@](C)(OC)C[C@H](C)C(=O)[C@@H](C)[C@H]2OC(=O)O[C@@]12C. The van der Waals surface area contributed by atoms with Gasteiger partial charge >= 0.3 is 18.1 Å². The van der Waals surface area contributed by atoms with Gasteiger partial charge in [0, 0.05) is 75.8 Å². The van der Waals surface area contributed by atoms with E-state index in [0.717, 1.165) is 12.8 Å². The van der Waals surface area contributed by atoms with Crippen molar-refractivity contribution in [2.45, 2.75) is 204 Å². The van der Waals surface area contributed by atoms with Crippen molar-refractivity contribution in [1.82, 2.24) is 14.8 Å². The number of fused-ring (bicyclic) bond motifs is 2. The second-order valence-electron chi connectivity index (χ2n) is 23.6. The first-order chi connectivity index (χ1) is 37.2. The fraction of sp³-hybridized carbons (Fsp3) is 0.772.